The second kappa shape index (κ2) is 7.20. The molecule has 0 bridgehead atoms. The fourth-order valence-electron chi connectivity index (χ4n) is 2.22. The SMILES string of the molecule is COC(=O)c1c(NC(=S)NC[C@@H]2CCCO2)sc(C)c1C. The lowest BCUT2D eigenvalue weighted by atomic mass is 10.1. The van der Waals surface area contributed by atoms with Crippen molar-refractivity contribution in [2.24, 2.45) is 0 Å². The number of nitrogens with one attached hydrogen (secondary N) is 2. The van der Waals surface area contributed by atoms with Gasteiger partial charge in [-0.2, -0.15) is 0 Å². The van der Waals surface area contributed by atoms with Gasteiger partial charge in [0.05, 0.1) is 18.8 Å². The molecule has 0 spiro atoms. The lowest BCUT2D eigenvalue weighted by Gasteiger charge is -2.14. The van der Waals surface area contributed by atoms with Crippen molar-refractivity contribution in [1.82, 2.24) is 5.32 Å². The first-order valence-electron chi connectivity index (χ1n) is 6.87. The third kappa shape index (κ3) is 3.93. The zero-order chi connectivity index (χ0) is 15.4. The third-order valence-electron chi connectivity index (χ3n) is 3.52. The standard InChI is InChI=1S/C14H20N2O3S2/c1-8-9(2)21-12(11(8)13(17)18-3)16-14(20)15-7-10-5-4-6-19-10/h10H,4-7H2,1-3H3,(H2,15,16,20)/t10-/m0/s1. The maximum atomic E-state index is 11.9. The van der Waals surface area contributed by atoms with Crippen LogP contribution < -0.4 is 10.6 Å². The van der Waals surface area contributed by atoms with Crippen LogP contribution in [0.2, 0.25) is 0 Å². The van der Waals surface area contributed by atoms with Crippen LogP contribution >= 0.6 is 23.6 Å². The van der Waals surface area contributed by atoms with Crippen LogP contribution in [-0.4, -0.2) is 37.4 Å². The molecule has 0 aliphatic carbocycles. The minimum atomic E-state index is -0.346. The van der Waals surface area contributed by atoms with E-state index < -0.39 is 0 Å². The van der Waals surface area contributed by atoms with Crippen LogP contribution in [0.3, 0.4) is 0 Å². The van der Waals surface area contributed by atoms with Crippen LogP contribution in [0.4, 0.5) is 5.00 Å². The number of aryl methyl sites for hydroxylation is 1. The molecule has 0 amide bonds. The van der Waals surface area contributed by atoms with Gasteiger partial charge in [0.25, 0.3) is 0 Å². The average molecular weight is 328 g/mol. The smallest absolute Gasteiger partial charge is 0.341 e. The van der Waals surface area contributed by atoms with Crippen molar-refractivity contribution in [2.75, 3.05) is 25.6 Å². The van der Waals surface area contributed by atoms with Crippen molar-refractivity contribution in [3.05, 3.63) is 16.0 Å². The highest BCUT2D eigenvalue weighted by Gasteiger charge is 2.21. The fourth-order valence-corrected chi connectivity index (χ4v) is 3.52. The van der Waals surface area contributed by atoms with Crippen molar-refractivity contribution < 1.29 is 14.3 Å². The number of esters is 1. The van der Waals surface area contributed by atoms with Crippen molar-refractivity contribution in [3.8, 4) is 0 Å². The molecule has 7 heteroatoms. The Morgan fingerprint density at radius 1 is 1.52 bits per heavy atom. The Balaban J connectivity index is 1.99. The van der Waals surface area contributed by atoms with E-state index in [2.05, 4.69) is 10.6 Å². The summed E-state index contributed by atoms with van der Waals surface area (Å²) < 4.78 is 10.4. The highest BCUT2D eigenvalue weighted by atomic mass is 32.1. The number of anilines is 1. The Bertz CT molecular complexity index is 537. The molecular weight excluding hydrogens is 308 g/mol. The normalized spacial score (nSPS) is 17.6. The molecule has 0 saturated carbocycles. The van der Waals surface area contributed by atoms with Gasteiger partial charge in [-0.25, -0.2) is 4.79 Å². The largest absolute Gasteiger partial charge is 0.465 e. The number of carbonyl (C=O) groups is 1. The zero-order valence-corrected chi connectivity index (χ0v) is 14.1. The number of hydrogen-bond acceptors (Lipinski definition) is 5. The number of thiocarbonyl (C=S) groups is 1. The highest BCUT2D eigenvalue weighted by molar-refractivity contribution is 7.80. The highest BCUT2D eigenvalue weighted by Crippen LogP contribution is 2.32. The van der Waals surface area contributed by atoms with Crippen LogP contribution in [0.25, 0.3) is 0 Å². The summed E-state index contributed by atoms with van der Waals surface area (Å²) in [7, 11) is 1.38. The Hall–Kier alpha value is -1.18. The van der Waals surface area contributed by atoms with Crippen LogP contribution in [0.5, 0.6) is 0 Å². The van der Waals surface area contributed by atoms with Crippen molar-refractivity contribution in [1.29, 1.82) is 0 Å². The van der Waals surface area contributed by atoms with E-state index in [9.17, 15) is 4.79 Å². The van der Waals surface area contributed by atoms with E-state index in [0.29, 0.717) is 17.2 Å². The van der Waals surface area contributed by atoms with Gasteiger partial charge < -0.3 is 20.1 Å². The lowest BCUT2D eigenvalue weighted by Crippen LogP contribution is -2.34. The fraction of sp³-hybridized carbons (Fsp3) is 0.571. The van der Waals surface area contributed by atoms with E-state index in [-0.39, 0.29) is 12.1 Å². The number of methoxy groups -OCH3 is 1. The average Bonchev–Trinajstić information content (AvgIpc) is 3.06. The van der Waals surface area contributed by atoms with Crippen molar-refractivity contribution in [3.63, 3.8) is 0 Å². The van der Waals surface area contributed by atoms with E-state index >= 15 is 0 Å². The van der Waals surface area contributed by atoms with Gasteiger partial charge in [0.15, 0.2) is 5.11 Å². The molecule has 1 aliphatic heterocycles. The van der Waals surface area contributed by atoms with Crippen molar-refractivity contribution >= 4 is 39.6 Å². The summed E-state index contributed by atoms with van der Waals surface area (Å²) in [6.45, 7) is 5.39. The summed E-state index contributed by atoms with van der Waals surface area (Å²) >= 11 is 6.78. The number of carbonyl (C=O) groups excluding carboxylic acids is 1. The van der Waals surface area contributed by atoms with Crippen LogP contribution in [0, 0.1) is 13.8 Å². The number of ether oxygens (including phenoxy) is 2. The van der Waals surface area contributed by atoms with Gasteiger partial charge in [0.2, 0.25) is 0 Å². The monoisotopic (exact) mass is 328 g/mol. The summed E-state index contributed by atoms with van der Waals surface area (Å²) in [5.74, 6) is -0.346. The maximum absolute atomic E-state index is 11.9. The van der Waals surface area contributed by atoms with Crippen molar-refractivity contribution in [2.45, 2.75) is 32.8 Å². The molecule has 1 aromatic rings. The molecule has 0 aromatic carbocycles. The molecule has 116 valence electrons. The molecule has 0 radical (unpaired) electrons. The molecule has 21 heavy (non-hydrogen) atoms. The maximum Gasteiger partial charge on any atom is 0.341 e. The summed E-state index contributed by atoms with van der Waals surface area (Å²) in [4.78, 5) is 12.9. The van der Waals surface area contributed by atoms with Gasteiger partial charge in [-0.05, 0) is 44.5 Å². The first-order chi connectivity index (χ1) is 10.0. The number of hydrogen-bond donors (Lipinski definition) is 2. The predicted molar refractivity (Wildman–Crippen MR) is 88.3 cm³/mol. The molecule has 0 unspecified atom stereocenters. The number of rotatable bonds is 4. The van der Waals surface area contributed by atoms with E-state index in [4.69, 9.17) is 21.7 Å². The second-order valence-electron chi connectivity index (χ2n) is 4.95. The quantitative estimate of drug-likeness (QED) is 0.654. The van der Waals surface area contributed by atoms with E-state index in [1.54, 1.807) is 0 Å². The molecule has 1 fully saturated rings. The Labute approximate surface area is 134 Å². The van der Waals surface area contributed by atoms with Gasteiger partial charge in [-0.15, -0.1) is 11.3 Å². The molecule has 1 atom stereocenters. The first-order valence-corrected chi connectivity index (χ1v) is 8.10. The summed E-state index contributed by atoms with van der Waals surface area (Å²) in [5, 5.41) is 7.45. The molecule has 1 aromatic heterocycles. The molecule has 1 saturated heterocycles. The molecule has 2 heterocycles. The van der Waals surface area contributed by atoms with E-state index in [1.807, 2.05) is 13.8 Å². The van der Waals surface area contributed by atoms with E-state index in [1.165, 1.54) is 18.4 Å². The molecule has 2 N–H and O–H groups in total. The second-order valence-corrected chi connectivity index (χ2v) is 6.58. The van der Waals surface area contributed by atoms with Gasteiger partial charge in [-0.1, -0.05) is 0 Å². The minimum absolute atomic E-state index is 0.219. The van der Waals surface area contributed by atoms with Crippen LogP contribution in [-0.2, 0) is 9.47 Å². The molecule has 1 aliphatic rings. The van der Waals surface area contributed by atoms with E-state index in [0.717, 1.165) is 34.9 Å². The van der Waals surface area contributed by atoms with Gasteiger partial charge >= 0.3 is 5.97 Å². The predicted octanol–water partition coefficient (Wildman–Crippen LogP) is 2.62. The van der Waals surface area contributed by atoms with Gasteiger partial charge in [-0.3, -0.25) is 0 Å². The first kappa shape index (κ1) is 16.2. The van der Waals surface area contributed by atoms with Crippen LogP contribution in [0.15, 0.2) is 0 Å². The third-order valence-corrected chi connectivity index (χ3v) is 4.89. The van der Waals surface area contributed by atoms with Gasteiger partial charge in [0.1, 0.15) is 5.00 Å². The van der Waals surface area contributed by atoms with Gasteiger partial charge in [0, 0.05) is 18.0 Å². The topological polar surface area (TPSA) is 59.6 Å². The number of thiophene rings is 1. The Kier molecular flexibility index (Phi) is 5.55. The zero-order valence-electron chi connectivity index (χ0n) is 12.4. The summed E-state index contributed by atoms with van der Waals surface area (Å²) in [5.41, 5.74) is 1.48. The Morgan fingerprint density at radius 2 is 2.29 bits per heavy atom. The lowest BCUT2D eigenvalue weighted by molar-refractivity contribution is 0.0601. The molecule has 2 rings (SSSR count). The molecular formula is C14H20N2O3S2. The van der Waals surface area contributed by atoms with Crippen LogP contribution in [0.1, 0.15) is 33.6 Å². The summed E-state index contributed by atoms with van der Waals surface area (Å²) in [6, 6.07) is 0. The molecule has 5 nitrogen and oxygen atoms in total. The minimum Gasteiger partial charge on any atom is -0.465 e. The summed E-state index contributed by atoms with van der Waals surface area (Å²) in [6.07, 6.45) is 2.37. The Morgan fingerprint density at radius 3 is 2.90 bits per heavy atom.